The summed E-state index contributed by atoms with van der Waals surface area (Å²) in [6.07, 6.45) is 2.16. The maximum atomic E-state index is 12.7. The minimum Gasteiger partial charge on any atom is -0.347 e. The number of nitrogens with one attached hydrogen (secondary N) is 1. The van der Waals surface area contributed by atoms with Crippen LogP contribution in [0.4, 0.5) is 0 Å². The van der Waals surface area contributed by atoms with E-state index in [0.29, 0.717) is 17.2 Å². The minimum atomic E-state index is -0.360. The molecule has 2 saturated heterocycles. The lowest BCUT2D eigenvalue weighted by atomic mass is 10.0. The maximum Gasteiger partial charge on any atom is 0.244 e. The van der Waals surface area contributed by atoms with E-state index in [9.17, 15) is 9.59 Å². The van der Waals surface area contributed by atoms with Crippen LogP contribution < -0.4 is 5.32 Å². The second kappa shape index (κ2) is 6.36. The van der Waals surface area contributed by atoms with Crippen molar-refractivity contribution in [2.24, 2.45) is 0 Å². The fourth-order valence-corrected chi connectivity index (χ4v) is 4.96. The van der Waals surface area contributed by atoms with Gasteiger partial charge in [-0.3, -0.25) is 9.59 Å². The highest BCUT2D eigenvalue weighted by Gasteiger charge is 2.52. The Bertz CT molecular complexity index is 622. The van der Waals surface area contributed by atoms with Crippen LogP contribution in [0.3, 0.4) is 0 Å². The van der Waals surface area contributed by atoms with Crippen LogP contribution in [0.2, 0.25) is 5.02 Å². The monoisotopic (exact) mass is 352 g/mol. The molecule has 124 valence electrons. The lowest BCUT2D eigenvalue weighted by Crippen LogP contribution is -2.50. The number of thioether (sulfide) groups is 1. The van der Waals surface area contributed by atoms with Crippen LogP contribution in [-0.4, -0.2) is 33.4 Å². The first-order chi connectivity index (χ1) is 10.9. The van der Waals surface area contributed by atoms with E-state index < -0.39 is 0 Å². The van der Waals surface area contributed by atoms with Gasteiger partial charge in [0.25, 0.3) is 0 Å². The van der Waals surface area contributed by atoms with Crippen LogP contribution in [0.1, 0.15) is 44.7 Å². The van der Waals surface area contributed by atoms with Crippen molar-refractivity contribution < 1.29 is 9.59 Å². The van der Waals surface area contributed by atoms with Crippen molar-refractivity contribution >= 4 is 35.2 Å². The van der Waals surface area contributed by atoms with Gasteiger partial charge in [-0.25, -0.2) is 0 Å². The van der Waals surface area contributed by atoms with Crippen molar-refractivity contribution in [3.05, 3.63) is 34.9 Å². The van der Waals surface area contributed by atoms with Gasteiger partial charge in [-0.2, -0.15) is 0 Å². The molecule has 0 spiro atoms. The molecule has 4 nitrogen and oxygen atoms in total. The van der Waals surface area contributed by atoms with E-state index in [-0.39, 0.29) is 28.8 Å². The van der Waals surface area contributed by atoms with Gasteiger partial charge in [-0.05, 0) is 37.5 Å². The molecule has 2 fully saturated rings. The first-order valence-corrected chi connectivity index (χ1v) is 9.33. The molecule has 0 saturated carbocycles. The van der Waals surface area contributed by atoms with E-state index in [1.807, 2.05) is 31.2 Å². The Kier molecular flexibility index (Phi) is 4.61. The van der Waals surface area contributed by atoms with Crippen LogP contribution in [0, 0.1) is 0 Å². The molecule has 1 aromatic rings. The summed E-state index contributed by atoms with van der Waals surface area (Å²) in [6, 6.07) is 7.11. The molecular weight excluding hydrogens is 332 g/mol. The van der Waals surface area contributed by atoms with Crippen LogP contribution >= 0.6 is 23.4 Å². The Morgan fingerprint density at radius 2 is 2.17 bits per heavy atom. The summed E-state index contributed by atoms with van der Waals surface area (Å²) in [4.78, 5) is 26.5. The highest BCUT2D eigenvalue weighted by Crippen LogP contribution is 2.47. The molecule has 1 N–H and O–H groups in total. The predicted molar refractivity (Wildman–Crippen MR) is 93.4 cm³/mol. The largest absolute Gasteiger partial charge is 0.347 e. The van der Waals surface area contributed by atoms with Gasteiger partial charge >= 0.3 is 0 Å². The van der Waals surface area contributed by atoms with Crippen LogP contribution in [0.5, 0.6) is 0 Å². The van der Waals surface area contributed by atoms with Gasteiger partial charge in [0.15, 0.2) is 0 Å². The lowest BCUT2D eigenvalue weighted by molar-refractivity contribution is -0.138. The van der Waals surface area contributed by atoms with Crippen LogP contribution in [-0.2, 0) is 9.59 Å². The first kappa shape index (κ1) is 16.7. The quantitative estimate of drug-likeness (QED) is 0.903. The van der Waals surface area contributed by atoms with E-state index in [2.05, 4.69) is 12.2 Å². The van der Waals surface area contributed by atoms with Gasteiger partial charge in [-0.15, -0.1) is 11.8 Å². The number of benzene rings is 1. The average Bonchev–Trinajstić information content (AvgIpc) is 3.02. The highest BCUT2D eigenvalue weighted by atomic mass is 35.5. The summed E-state index contributed by atoms with van der Waals surface area (Å²) in [5.41, 5.74) is 1.03. The molecule has 23 heavy (non-hydrogen) atoms. The van der Waals surface area contributed by atoms with E-state index in [0.717, 1.165) is 18.4 Å². The average molecular weight is 353 g/mol. The summed E-state index contributed by atoms with van der Waals surface area (Å²) in [7, 11) is 0. The molecule has 0 aromatic heterocycles. The van der Waals surface area contributed by atoms with Gasteiger partial charge in [0, 0.05) is 17.2 Å². The maximum absolute atomic E-state index is 12.7. The molecular formula is C17H21ClN2O2S. The number of fused-ring (bicyclic) bond motifs is 1. The molecule has 6 heteroatoms. The molecule has 0 bridgehead atoms. The van der Waals surface area contributed by atoms with Crippen molar-refractivity contribution in [2.75, 3.05) is 5.75 Å². The van der Waals surface area contributed by atoms with E-state index >= 15 is 0 Å². The summed E-state index contributed by atoms with van der Waals surface area (Å²) in [5, 5.41) is 3.79. The standard InChI is InChI=1S/C17H21ClN2O2S/c1-3-13(11-4-6-12(18)7-5-11)19-16(22)14-10-23-17(2)9-8-15(21)20(14)17/h4-7,13-14H,3,8-10H2,1-2H3,(H,19,22). The summed E-state index contributed by atoms with van der Waals surface area (Å²) in [6.45, 7) is 4.10. The third-order valence-electron chi connectivity index (χ3n) is 4.74. The fraction of sp³-hybridized carbons (Fsp3) is 0.529. The Balaban J connectivity index is 1.73. The number of hydrogen-bond donors (Lipinski definition) is 1. The SMILES string of the molecule is CCC(NC(=O)C1CSC2(C)CCC(=O)N12)c1ccc(Cl)cc1. The second-order valence-electron chi connectivity index (χ2n) is 6.29. The molecule has 0 radical (unpaired) electrons. The van der Waals surface area contributed by atoms with Crippen molar-refractivity contribution in [3.63, 3.8) is 0 Å². The van der Waals surface area contributed by atoms with Gasteiger partial charge < -0.3 is 10.2 Å². The van der Waals surface area contributed by atoms with Crippen molar-refractivity contribution in [1.29, 1.82) is 0 Å². The zero-order valence-electron chi connectivity index (χ0n) is 13.3. The number of carbonyl (C=O) groups excluding carboxylic acids is 2. The molecule has 3 rings (SSSR count). The number of amides is 2. The van der Waals surface area contributed by atoms with E-state index in [4.69, 9.17) is 11.6 Å². The fourth-order valence-electron chi connectivity index (χ4n) is 3.40. The third kappa shape index (κ3) is 3.09. The molecule has 3 unspecified atom stereocenters. The smallest absolute Gasteiger partial charge is 0.244 e. The lowest BCUT2D eigenvalue weighted by Gasteiger charge is -2.30. The van der Waals surface area contributed by atoms with Crippen LogP contribution in [0.15, 0.2) is 24.3 Å². The minimum absolute atomic E-state index is 0.0572. The second-order valence-corrected chi connectivity index (χ2v) is 8.22. The number of hydrogen-bond acceptors (Lipinski definition) is 3. The number of halogens is 1. The summed E-state index contributed by atoms with van der Waals surface area (Å²) in [5.74, 6) is 0.709. The number of carbonyl (C=O) groups is 2. The Morgan fingerprint density at radius 3 is 2.83 bits per heavy atom. The molecule has 2 amide bonds. The number of nitrogens with zero attached hydrogens (tertiary/aromatic N) is 1. The normalized spacial score (nSPS) is 27.9. The zero-order valence-corrected chi connectivity index (χ0v) is 14.9. The molecule has 0 aliphatic carbocycles. The van der Waals surface area contributed by atoms with E-state index in [1.54, 1.807) is 16.7 Å². The zero-order chi connectivity index (χ0) is 16.6. The van der Waals surface area contributed by atoms with Gasteiger partial charge in [0.2, 0.25) is 11.8 Å². The van der Waals surface area contributed by atoms with Crippen molar-refractivity contribution in [2.45, 2.75) is 50.1 Å². The van der Waals surface area contributed by atoms with Crippen LogP contribution in [0.25, 0.3) is 0 Å². The Morgan fingerprint density at radius 1 is 1.48 bits per heavy atom. The van der Waals surface area contributed by atoms with Gasteiger partial charge in [0.05, 0.1) is 10.9 Å². The predicted octanol–water partition coefficient (Wildman–Crippen LogP) is 3.36. The third-order valence-corrected chi connectivity index (χ3v) is 6.50. The molecule has 1 aromatic carbocycles. The van der Waals surface area contributed by atoms with Gasteiger partial charge in [-0.1, -0.05) is 30.7 Å². The molecule has 2 heterocycles. The molecule has 2 aliphatic rings. The summed E-state index contributed by atoms with van der Waals surface area (Å²) < 4.78 is 0. The Labute approximate surface area is 145 Å². The summed E-state index contributed by atoms with van der Waals surface area (Å²) >= 11 is 7.64. The number of rotatable bonds is 4. The van der Waals surface area contributed by atoms with E-state index in [1.165, 1.54) is 0 Å². The Hall–Kier alpha value is -1.20. The topological polar surface area (TPSA) is 49.4 Å². The molecule has 2 aliphatic heterocycles. The molecule has 3 atom stereocenters. The highest BCUT2D eigenvalue weighted by molar-refractivity contribution is 8.01. The van der Waals surface area contributed by atoms with Crippen molar-refractivity contribution in [3.8, 4) is 0 Å². The van der Waals surface area contributed by atoms with Crippen molar-refractivity contribution in [1.82, 2.24) is 10.2 Å². The van der Waals surface area contributed by atoms with Gasteiger partial charge in [0.1, 0.15) is 6.04 Å². The first-order valence-electron chi connectivity index (χ1n) is 7.96.